The summed E-state index contributed by atoms with van der Waals surface area (Å²) in [7, 11) is 3.36. The molecule has 0 atom stereocenters. The number of anilines is 1. The number of fused-ring (bicyclic) bond motifs is 2. The van der Waals surface area contributed by atoms with E-state index in [1.165, 1.54) is 4.90 Å². The van der Waals surface area contributed by atoms with Gasteiger partial charge in [-0.25, -0.2) is 19.7 Å². The third-order valence-corrected chi connectivity index (χ3v) is 5.70. The van der Waals surface area contributed by atoms with Gasteiger partial charge in [0.2, 0.25) is 0 Å². The standard InChI is InChI=1S/C25H20N10O/c1-35(2)25(36)30-16-9-14(11-26-13-16)15-10-18-21(33-34-22(18)29-12-15)24-31-20-17(6-8-28-23(20)32-24)19-5-3-4-7-27-19/h3-13H,1-2H3,(H,30,36)(H,28,31,32)(H,29,33,34). The number of rotatable bonds is 4. The lowest BCUT2D eigenvalue weighted by Gasteiger charge is -2.12. The lowest BCUT2D eigenvalue weighted by Crippen LogP contribution is -2.27. The molecule has 0 aliphatic carbocycles. The number of pyridine rings is 4. The number of hydrogen-bond donors (Lipinski definition) is 3. The highest BCUT2D eigenvalue weighted by Gasteiger charge is 2.17. The van der Waals surface area contributed by atoms with Gasteiger partial charge in [-0.05, 0) is 30.3 Å². The summed E-state index contributed by atoms with van der Waals surface area (Å²) in [5.74, 6) is 0.566. The third kappa shape index (κ3) is 3.78. The maximum absolute atomic E-state index is 12.0. The highest BCUT2D eigenvalue weighted by Crippen LogP contribution is 2.31. The van der Waals surface area contributed by atoms with Crippen LogP contribution in [0.3, 0.4) is 0 Å². The highest BCUT2D eigenvalue weighted by molar-refractivity contribution is 5.96. The molecular weight excluding hydrogens is 456 g/mol. The largest absolute Gasteiger partial charge is 0.331 e. The van der Waals surface area contributed by atoms with Gasteiger partial charge in [0, 0.05) is 55.6 Å². The van der Waals surface area contributed by atoms with Crippen LogP contribution in [0, 0.1) is 0 Å². The van der Waals surface area contributed by atoms with Crippen LogP contribution >= 0.6 is 0 Å². The summed E-state index contributed by atoms with van der Waals surface area (Å²) in [6.45, 7) is 0. The van der Waals surface area contributed by atoms with E-state index < -0.39 is 0 Å². The topological polar surface area (TPSA) is 141 Å². The maximum Gasteiger partial charge on any atom is 0.321 e. The van der Waals surface area contributed by atoms with E-state index >= 15 is 0 Å². The molecule has 36 heavy (non-hydrogen) atoms. The lowest BCUT2D eigenvalue weighted by atomic mass is 10.1. The van der Waals surface area contributed by atoms with E-state index in [1.807, 2.05) is 36.4 Å². The van der Waals surface area contributed by atoms with E-state index in [0.29, 0.717) is 34.0 Å². The summed E-state index contributed by atoms with van der Waals surface area (Å²) in [5.41, 5.74) is 6.49. The second kappa shape index (κ2) is 8.55. The van der Waals surface area contributed by atoms with Gasteiger partial charge in [0.25, 0.3) is 0 Å². The summed E-state index contributed by atoms with van der Waals surface area (Å²) < 4.78 is 0. The number of amides is 2. The molecule has 11 nitrogen and oxygen atoms in total. The smallest absolute Gasteiger partial charge is 0.321 e. The molecule has 0 fully saturated rings. The fourth-order valence-corrected chi connectivity index (χ4v) is 3.89. The van der Waals surface area contributed by atoms with E-state index in [2.05, 4.69) is 40.4 Å². The van der Waals surface area contributed by atoms with Gasteiger partial charge in [0.1, 0.15) is 11.2 Å². The molecule has 0 aliphatic rings. The quantitative estimate of drug-likeness (QED) is 0.348. The molecule has 0 spiro atoms. The van der Waals surface area contributed by atoms with E-state index in [9.17, 15) is 4.79 Å². The molecule has 0 radical (unpaired) electrons. The second-order valence-corrected chi connectivity index (χ2v) is 8.34. The van der Waals surface area contributed by atoms with Crippen molar-refractivity contribution in [3.05, 3.63) is 67.4 Å². The summed E-state index contributed by atoms with van der Waals surface area (Å²) in [4.78, 5) is 39.3. The van der Waals surface area contributed by atoms with Crippen LogP contribution in [0.2, 0.25) is 0 Å². The maximum atomic E-state index is 12.0. The van der Waals surface area contributed by atoms with Crippen molar-refractivity contribution in [3.63, 3.8) is 0 Å². The molecule has 3 N–H and O–H groups in total. The zero-order chi connectivity index (χ0) is 24.6. The zero-order valence-electron chi connectivity index (χ0n) is 19.4. The van der Waals surface area contributed by atoms with E-state index in [1.54, 1.807) is 45.1 Å². The second-order valence-electron chi connectivity index (χ2n) is 8.34. The van der Waals surface area contributed by atoms with E-state index in [-0.39, 0.29) is 6.03 Å². The predicted molar refractivity (Wildman–Crippen MR) is 136 cm³/mol. The number of aromatic nitrogens is 8. The third-order valence-electron chi connectivity index (χ3n) is 5.70. The lowest BCUT2D eigenvalue weighted by molar-refractivity contribution is 0.230. The molecule has 0 bridgehead atoms. The van der Waals surface area contributed by atoms with Gasteiger partial charge in [-0.2, -0.15) is 5.10 Å². The van der Waals surface area contributed by atoms with Crippen LogP contribution in [-0.4, -0.2) is 65.1 Å². The molecule has 0 saturated carbocycles. The number of carbonyl (C=O) groups is 1. The summed E-state index contributed by atoms with van der Waals surface area (Å²) in [5, 5.41) is 11.0. The van der Waals surface area contributed by atoms with Gasteiger partial charge in [-0.15, -0.1) is 0 Å². The van der Waals surface area contributed by atoms with Crippen molar-refractivity contribution in [1.82, 2.24) is 45.0 Å². The molecule has 11 heteroatoms. The number of hydrogen-bond acceptors (Lipinski definition) is 7. The minimum absolute atomic E-state index is 0.233. The molecule has 0 aliphatic heterocycles. The molecule has 6 aromatic heterocycles. The van der Waals surface area contributed by atoms with Gasteiger partial charge < -0.3 is 15.2 Å². The van der Waals surface area contributed by atoms with Crippen molar-refractivity contribution >= 4 is 33.9 Å². The Morgan fingerprint density at radius 2 is 1.83 bits per heavy atom. The van der Waals surface area contributed by atoms with Crippen molar-refractivity contribution in [2.75, 3.05) is 19.4 Å². The zero-order valence-corrected chi connectivity index (χ0v) is 19.4. The minimum atomic E-state index is -0.233. The molecule has 2 amide bonds. The minimum Gasteiger partial charge on any atom is -0.331 e. The summed E-state index contributed by atoms with van der Waals surface area (Å²) in [6, 6.07) is 11.2. The van der Waals surface area contributed by atoms with Crippen molar-refractivity contribution in [2.45, 2.75) is 0 Å². The molecule has 6 aromatic rings. The van der Waals surface area contributed by atoms with Crippen molar-refractivity contribution < 1.29 is 4.79 Å². The Hall–Kier alpha value is -5.19. The van der Waals surface area contributed by atoms with E-state index in [4.69, 9.17) is 4.98 Å². The monoisotopic (exact) mass is 476 g/mol. The molecule has 0 saturated heterocycles. The summed E-state index contributed by atoms with van der Waals surface area (Å²) in [6.07, 6.45) is 8.53. The first kappa shape index (κ1) is 21.4. The Labute approximate surface area is 204 Å². The van der Waals surface area contributed by atoms with Crippen LogP contribution in [0.4, 0.5) is 10.5 Å². The Bertz CT molecular complexity index is 1720. The number of imidazole rings is 1. The van der Waals surface area contributed by atoms with E-state index in [0.717, 1.165) is 27.8 Å². The van der Waals surface area contributed by atoms with Crippen LogP contribution in [0.5, 0.6) is 0 Å². The summed E-state index contributed by atoms with van der Waals surface area (Å²) >= 11 is 0. The predicted octanol–water partition coefficient (Wildman–Crippen LogP) is 4.11. The highest BCUT2D eigenvalue weighted by atomic mass is 16.2. The van der Waals surface area contributed by atoms with Crippen LogP contribution in [0.1, 0.15) is 0 Å². The molecule has 0 aromatic carbocycles. The first-order valence-electron chi connectivity index (χ1n) is 11.1. The van der Waals surface area contributed by atoms with Gasteiger partial charge >= 0.3 is 6.03 Å². The first-order valence-corrected chi connectivity index (χ1v) is 11.1. The number of nitrogens with zero attached hydrogens (tertiary/aromatic N) is 7. The molecule has 0 unspecified atom stereocenters. The van der Waals surface area contributed by atoms with Gasteiger partial charge in [0.15, 0.2) is 17.1 Å². The van der Waals surface area contributed by atoms with Crippen molar-refractivity contribution in [1.29, 1.82) is 0 Å². The van der Waals surface area contributed by atoms with Gasteiger partial charge in [0.05, 0.1) is 23.0 Å². The van der Waals surface area contributed by atoms with Crippen LogP contribution in [0.15, 0.2) is 67.4 Å². The Morgan fingerprint density at radius 1 is 0.944 bits per heavy atom. The SMILES string of the molecule is CN(C)C(=O)Nc1cncc(-c2cnc3[nH]nc(-c4nc5c(-c6ccccn6)ccnc5[nH]4)c3c2)c1. The van der Waals surface area contributed by atoms with Crippen molar-refractivity contribution in [3.8, 4) is 33.9 Å². The average molecular weight is 477 g/mol. The number of urea groups is 1. The Morgan fingerprint density at radius 3 is 2.67 bits per heavy atom. The Kier molecular flexibility index (Phi) is 5.07. The number of nitrogens with one attached hydrogen (secondary N) is 3. The molecule has 6 rings (SSSR count). The number of aromatic amines is 2. The molecule has 6 heterocycles. The number of H-pyrrole nitrogens is 2. The van der Waals surface area contributed by atoms with Crippen LogP contribution in [0.25, 0.3) is 56.1 Å². The fourth-order valence-electron chi connectivity index (χ4n) is 3.89. The fraction of sp³-hybridized carbons (Fsp3) is 0.0800. The van der Waals surface area contributed by atoms with Crippen LogP contribution < -0.4 is 5.32 Å². The van der Waals surface area contributed by atoms with Gasteiger partial charge in [-0.1, -0.05) is 6.07 Å². The Balaban J connectivity index is 1.41. The molecule has 176 valence electrons. The van der Waals surface area contributed by atoms with Crippen molar-refractivity contribution in [2.24, 2.45) is 0 Å². The average Bonchev–Trinajstić information content (AvgIpc) is 3.53. The van der Waals surface area contributed by atoms with Crippen LogP contribution in [-0.2, 0) is 0 Å². The normalized spacial score (nSPS) is 11.2. The van der Waals surface area contributed by atoms with Gasteiger partial charge in [-0.3, -0.25) is 15.1 Å². The first-order chi connectivity index (χ1) is 17.6. The molecular formula is C25H20N10O. The number of carbonyl (C=O) groups excluding carboxylic acids is 1.